The number of hydrogen-bond acceptors (Lipinski definition) is 0. The molecule has 0 spiro atoms. The van der Waals surface area contributed by atoms with E-state index in [1.807, 2.05) is 12.1 Å². The lowest BCUT2D eigenvalue weighted by atomic mass is 9.82. The van der Waals surface area contributed by atoms with Crippen LogP contribution in [0.2, 0.25) is 0 Å². The summed E-state index contributed by atoms with van der Waals surface area (Å²) in [5, 5.41) is 0. The van der Waals surface area contributed by atoms with E-state index in [1.54, 1.807) is 0 Å². The van der Waals surface area contributed by atoms with E-state index in [4.69, 9.17) is 0 Å². The van der Waals surface area contributed by atoms with Crippen molar-refractivity contribution in [3.8, 4) is 0 Å². The van der Waals surface area contributed by atoms with Gasteiger partial charge in [-0.2, -0.15) is 0 Å². The molecular formula is C19H22BrF. The first-order valence-corrected chi connectivity index (χ1v) is 8.33. The monoisotopic (exact) mass is 348 g/mol. The maximum absolute atomic E-state index is 12.9. The minimum Gasteiger partial charge on any atom is -0.207 e. The van der Waals surface area contributed by atoms with E-state index in [2.05, 4.69) is 61.0 Å². The van der Waals surface area contributed by atoms with Crippen molar-refractivity contribution in [1.29, 1.82) is 0 Å². The summed E-state index contributed by atoms with van der Waals surface area (Å²) in [6.45, 7) is 6.76. The highest BCUT2D eigenvalue weighted by Crippen LogP contribution is 2.31. The van der Waals surface area contributed by atoms with Gasteiger partial charge in [0.1, 0.15) is 5.82 Å². The van der Waals surface area contributed by atoms with Crippen molar-refractivity contribution in [3.63, 3.8) is 0 Å². The highest BCUT2D eigenvalue weighted by atomic mass is 79.9. The van der Waals surface area contributed by atoms with Gasteiger partial charge in [-0.1, -0.05) is 73.1 Å². The van der Waals surface area contributed by atoms with E-state index in [1.165, 1.54) is 23.3 Å². The highest BCUT2D eigenvalue weighted by molar-refractivity contribution is 9.09. The standard InChI is InChI=1S/C19H22BrF/c1-4-19(2,3)16-9-7-15(8-10-16)18(20)13-14-5-11-17(21)12-6-14/h5-12,18H,4,13H2,1-3H3. The van der Waals surface area contributed by atoms with Gasteiger partial charge in [0.2, 0.25) is 0 Å². The Morgan fingerprint density at radius 1 is 1.00 bits per heavy atom. The lowest BCUT2D eigenvalue weighted by molar-refractivity contribution is 0.506. The molecule has 0 heterocycles. The molecule has 2 heteroatoms. The lowest BCUT2D eigenvalue weighted by Crippen LogP contribution is -2.15. The van der Waals surface area contributed by atoms with Crippen LogP contribution in [0.4, 0.5) is 4.39 Å². The molecule has 0 amide bonds. The molecule has 2 aromatic carbocycles. The minimum atomic E-state index is -0.184. The van der Waals surface area contributed by atoms with Gasteiger partial charge in [0.25, 0.3) is 0 Å². The molecule has 0 nitrogen and oxygen atoms in total. The quantitative estimate of drug-likeness (QED) is 0.565. The average molecular weight is 349 g/mol. The van der Waals surface area contributed by atoms with Crippen molar-refractivity contribution >= 4 is 15.9 Å². The van der Waals surface area contributed by atoms with E-state index in [-0.39, 0.29) is 16.1 Å². The summed E-state index contributed by atoms with van der Waals surface area (Å²) in [4.78, 5) is 0.252. The van der Waals surface area contributed by atoms with Gasteiger partial charge in [-0.25, -0.2) is 4.39 Å². The SMILES string of the molecule is CCC(C)(C)c1ccc(C(Br)Cc2ccc(F)cc2)cc1. The Hall–Kier alpha value is -1.15. The van der Waals surface area contributed by atoms with E-state index in [0.29, 0.717) is 0 Å². The topological polar surface area (TPSA) is 0 Å². The molecule has 0 aliphatic carbocycles. The highest BCUT2D eigenvalue weighted by Gasteiger charge is 2.18. The van der Waals surface area contributed by atoms with Gasteiger partial charge in [0.15, 0.2) is 0 Å². The minimum absolute atomic E-state index is 0.184. The van der Waals surface area contributed by atoms with Crippen molar-refractivity contribution in [2.24, 2.45) is 0 Å². The summed E-state index contributed by atoms with van der Waals surface area (Å²) >= 11 is 3.74. The first-order valence-electron chi connectivity index (χ1n) is 7.41. The molecule has 2 rings (SSSR count). The Bertz CT molecular complexity index is 570. The summed E-state index contributed by atoms with van der Waals surface area (Å²) < 4.78 is 12.9. The molecular weight excluding hydrogens is 327 g/mol. The van der Waals surface area contributed by atoms with Gasteiger partial charge in [-0.3, -0.25) is 0 Å². The van der Waals surface area contributed by atoms with Gasteiger partial charge in [0, 0.05) is 4.83 Å². The largest absolute Gasteiger partial charge is 0.207 e. The first-order chi connectivity index (χ1) is 9.92. The van der Waals surface area contributed by atoms with Gasteiger partial charge < -0.3 is 0 Å². The van der Waals surface area contributed by atoms with E-state index >= 15 is 0 Å². The Morgan fingerprint density at radius 3 is 2.10 bits per heavy atom. The van der Waals surface area contributed by atoms with Crippen molar-refractivity contribution in [1.82, 2.24) is 0 Å². The van der Waals surface area contributed by atoms with Crippen LogP contribution < -0.4 is 0 Å². The Kier molecular flexibility index (Phi) is 5.21. The molecule has 0 aliphatic heterocycles. The van der Waals surface area contributed by atoms with Crippen LogP contribution >= 0.6 is 15.9 Å². The summed E-state index contributed by atoms with van der Waals surface area (Å²) in [5.41, 5.74) is 3.98. The fraction of sp³-hybridized carbons (Fsp3) is 0.368. The molecule has 2 aromatic rings. The van der Waals surface area contributed by atoms with Crippen LogP contribution in [0.3, 0.4) is 0 Å². The lowest BCUT2D eigenvalue weighted by Gasteiger charge is -2.24. The molecule has 1 unspecified atom stereocenters. The Morgan fingerprint density at radius 2 is 1.57 bits per heavy atom. The van der Waals surface area contributed by atoms with Gasteiger partial charge in [0.05, 0.1) is 0 Å². The van der Waals surface area contributed by atoms with Crippen molar-refractivity contribution < 1.29 is 4.39 Å². The molecule has 0 bridgehead atoms. The van der Waals surface area contributed by atoms with Crippen molar-refractivity contribution in [3.05, 3.63) is 71.0 Å². The maximum atomic E-state index is 12.9. The smallest absolute Gasteiger partial charge is 0.123 e. The van der Waals surface area contributed by atoms with Crippen molar-refractivity contribution in [2.45, 2.75) is 43.9 Å². The third-order valence-electron chi connectivity index (χ3n) is 4.27. The van der Waals surface area contributed by atoms with E-state index in [0.717, 1.165) is 18.4 Å². The number of halogens is 2. The Balaban J connectivity index is 2.09. The summed E-state index contributed by atoms with van der Waals surface area (Å²) in [6.07, 6.45) is 1.98. The number of hydrogen-bond donors (Lipinski definition) is 0. The zero-order valence-corrected chi connectivity index (χ0v) is 14.5. The second-order valence-electron chi connectivity index (χ2n) is 6.16. The number of benzene rings is 2. The molecule has 0 aliphatic rings. The van der Waals surface area contributed by atoms with E-state index in [9.17, 15) is 4.39 Å². The van der Waals surface area contributed by atoms with Crippen LogP contribution in [0.15, 0.2) is 48.5 Å². The van der Waals surface area contributed by atoms with Crippen LogP contribution in [0, 0.1) is 5.82 Å². The molecule has 0 N–H and O–H groups in total. The first kappa shape index (κ1) is 16.2. The molecule has 1 atom stereocenters. The van der Waals surface area contributed by atoms with Gasteiger partial charge in [-0.15, -0.1) is 0 Å². The Labute approximate surface area is 135 Å². The zero-order valence-electron chi connectivity index (χ0n) is 12.9. The fourth-order valence-corrected chi connectivity index (χ4v) is 2.97. The molecule has 21 heavy (non-hydrogen) atoms. The normalized spacial score (nSPS) is 13.2. The third kappa shape index (κ3) is 4.16. The fourth-order valence-electron chi connectivity index (χ4n) is 2.29. The molecule has 0 fully saturated rings. The van der Waals surface area contributed by atoms with Crippen LogP contribution in [-0.2, 0) is 11.8 Å². The number of alkyl halides is 1. The third-order valence-corrected chi connectivity index (χ3v) is 5.12. The van der Waals surface area contributed by atoms with E-state index < -0.39 is 0 Å². The molecule has 0 saturated heterocycles. The number of rotatable bonds is 5. The summed E-state index contributed by atoms with van der Waals surface area (Å²) in [7, 11) is 0. The molecule has 112 valence electrons. The second kappa shape index (κ2) is 6.74. The van der Waals surface area contributed by atoms with Gasteiger partial charge in [-0.05, 0) is 47.1 Å². The molecule has 0 aromatic heterocycles. The average Bonchev–Trinajstić information content (AvgIpc) is 2.49. The predicted molar refractivity (Wildman–Crippen MR) is 91.5 cm³/mol. The van der Waals surface area contributed by atoms with Crippen LogP contribution in [0.1, 0.15) is 48.7 Å². The maximum Gasteiger partial charge on any atom is 0.123 e. The second-order valence-corrected chi connectivity index (χ2v) is 7.26. The van der Waals surface area contributed by atoms with Crippen LogP contribution in [0.25, 0.3) is 0 Å². The molecule has 0 radical (unpaired) electrons. The summed E-state index contributed by atoms with van der Waals surface area (Å²) in [5.74, 6) is -0.184. The van der Waals surface area contributed by atoms with Crippen LogP contribution in [0.5, 0.6) is 0 Å². The molecule has 0 saturated carbocycles. The predicted octanol–water partition coefficient (Wildman–Crippen LogP) is 6.19. The zero-order chi connectivity index (χ0) is 15.5. The van der Waals surface area contributed by atoms with Gasteiger partial charge >= 0.3 is 0 Å². The summed E-state index contributed by atoms with van der Waals surface area (Å²) in [6, 6.07) is 15.5. The van der Waals surface area contributed by atoms with Crippen LogP contribution in [-0.4, -0.2) is 0 Å². The van der Waals surface area contributed by atoms with Crippen molar-refractivity contribution in [2.75, 3.05) is 0 Å².